The molecular weight excluding hydrogens is 548 g/mol. The van der Waals surface area contributed by atoms with Gasteiger partial charge in [0.25, 0.3) is 0 Å². The van der Waals surface area contributed by atoms with E-state index in [1.165, 1.54) is 0 Å². The number of hydrogen-bond acceptors (Lipinski definition) is 9. The predicted molar refractivity (Wildman–Crippen MR) is 161 cm³/mol. The van der Waals surface area contributed by atoms with Crippen LogP contribution in [0, 0.1) is 17.3 Å². The van der Waals surface area contributed by atoms with Crippen molar-refractivity contribution in [2.75, 3.05) is 13.2 Å². The standard InChI is InChI=1S/C33H50N4O6/c1-33(2,23-24-12-11-21-39-24)18-17-27(42-30-15-7-9-19-40-30)32-25(13-5-3-4-6-14-29-34-36-37-35-29)26(38)22-28(32)43-31-16-8-10-20-41-31/h3,5,11-12,17,21,25-26,28,30-32,38H,4,6-10,13-16,18-20,22-23H2,1-2H3,(H,34,35,36,37)/b5-3-,27-17?/t25-,26-,28+,30?,31?,32-/m0/s1. The Bertz CT molecular complexity index is 1110. The predicted octanol–water partition coefficient (Wildman–Crippen LogP) is 6.06. The third-order valence-electron chi connectivity index (χ3n) is 8.85. The number of tetrazole rings is 1. The van der Waals surface area contributed by atoms with Gasteiger partial charge in [0.2, 0.25) is 0 Å². The number of rotatable bonds is 15. The zero-order chi connectivity index (χ0) is 29.9. The van der Waals surface area contributed by atoms with Gasteiger partial charge in [-0.15, -0.1) is 10.2 Å². The Morgan fingerprint density at radius 2 is 1.93 bits per heavy atom. The monoisotopic (exact) mass is 598 g/mol. The molecular formula is C33H50N4O6. The maximum Gasteiger partial charge on any atom is 0.199 e. The van der Waals surface area contributed by atoms with Crippen molar-refractivity contribution in [3.8, 4) is 0 Å². The lowest BCUT2D eigenvalue weighted by Crippen LogP contribution is -2.34. The molecule has 0 amide bonds. The second-order valence-electron chi connectivity index (χ2n) is 13.0. The first-order chi connectivity index (χ1) is 21.0. The van der Waals surface area contributed by atoms with Gasteiger partial charge < -0.3 is 28.5 Å². The lowest BCUT2D eigenvalue weighted by molar-refractivity contribution is -0.201. The Kier molecular flexibility index (Phi) is 11.8. The molecule has 3 fully saturated rings. The number of hydrogen-bond donors (Lipinski definition) is 2. The second kappa shape index (κ2) is 16.0. The van der Waals surface area contributed by atoms with E-state index in [0.29, 0.717) is 13.0 Å². The number of aliphatic hydroxyl groups excluding tert-OH is 1. The van der Waals surface area contributed by atoms with Crippen LogP contribution in [0.25, 0.3) is 0 Å². The smallest absolute Gasteiger partial charge is 0.199 e. The molecule has 0 aromatic carbocycles. The van der Waals surface area contributed by atoms with Crippen molar-refractivity contribution >= 4 is 0 Å². The minimum absolute atomic E-state index is 0.0370. The van der Waals surface area contributed by atoms with Gasteiger partial charge in [-0.05, 0) is 81.4 Å². The van der Waals surface area contributed by atoms with E-state index in [2.05, 4.69) is 52.7 Å². The molecule has 2 aliphatic heterocycles. The maximum absolute atomic E-state index is 11.4. The van der Waals surface area contributed by atoms with Gasteiger partial charge in [0.05, 0.1) is 25.1 Å². The molecule has 0 spiro atoms. The topological polar surface area (TPSA) is 125 Å². The minimum Gasteiger partial charge on any atom is -0.469 e. The molecule has 1 aliphatic carbocycles. The van der Waals surface area contributed by atoms with Crippen molar-refractivity contribution in [2.24, 2.45) is 17.3 Å². The fourth-order valence-electron chi connectivity index (χ4n) is 6.52. The van der Waals surface area contributed by atoms with Crippen LogP contribution in [-0.4, -0.2) is 63.7 Å². The Balaban J connectivity index is 1.33. The van der Waals surface area contributed by atoms with E-state index in [9.17, 15) is 5.11 Å². The third-order valence-corrected chi connectivity index (χ3v) is 8.85. The van der Waals surface area contributed by atoms with E-state index in [1.807, 2.05) is 12.1 Å². The van der Waals surface area contributed by atoms with E-state index in [4.69, 9.17) is 23.4 Å². The molecule has 0 bridgehead atoms. The van der Waals surface area contributed by atoms with Crippen molar-refractivity contribution in [2.45, 2.75) is 122 Å². The number of nitrogens with one attached hydrogen (secondary N) is 1. The van der Waals surface area contributed by atoms with Crippen LogP contribution in [-0.2, 0) is 31.8 Å². The molecule has 2 aromatic heterocycles. The number of allylic oxidation sites excluding steroid dienone is 3. The molecule has 2 unspecified atom stereocenters. The number of nitrogens with zero attached hydrogens (tertiary/aromatic N) is 3. The summed E-state index contributed by atoms with van der Waals surface area (Å²) < 4.78 is 31.1. The number of unbranched alkanes of at least 4 members (excludes halogenated alkanes) is 1. The molecule has 0 radical (unpaired) electrons. The van der Waals surface area contributed by atoms with Crippen molar-refractivity contribution in [1.29, 1.82) is 0 Å². The van der Waals surface area contributed by atoms with Crippen molar-refractivity contribution in [3.63, 3.8) is 0 Å². The zero-order valence-electron chi connectivity index (χ0n) is 25.9. The van der Waals surface area contributed by atoms with E-state index >= 15 is 0 Å². The van der Waals surface area contributed by atoms with Crippen molar-refractivity contribution in [3.05, 3.63) is 54.0 Å². The van der Waals surface area contributed by atoms with Gasteiger partial charge >= 0.3 is 0 Å². The number of aromatic nitrogens is 4. The third kappa shape index (κ3) is 9.73. The average molecular weight is 599 g/mol. The van der Waals surface area contributed by atoms with Gasteiger partial charge in [-0.2, -0.15) is 5.21 Å². The fourth-order valence-corrected chi connectivity index (χ4v) is 6.52. The van der Waals surface area contributed by atoms with Crippen LogP contribution in [0.5, 0.6) is 0 Å². The molecule has 2 aromatic rings. The van der Waals surface area contributed by atoms with E-state index in [-0.39, 0.29) is 35.9 Å². The highest BCUT2D eigenvalue weighted by Gasteiger charge is 2.47. The lowest BCUT2D eigenvalue weighted by atomic mass is 9.82. The first-order valence-corrected chi connectivity index (χ1v) is 16.3. The summed E-state index contributed by atoms with van der Waals surface area (Å²) in [6, 6.07) is 3.97. The van der Waals surface area contributed by atoms with Crippen LogP contribution in [0.1, 0.15) is 96.1 Å². The van der Waals surface area contributed by atoms with E-state index in [0.717, 1.165) is 101 Å². The molecule has 238 valence electrons. The molecule has 43 heavy (non-hydrogen) atoms. The highest BCUT2D eigenvalue weighted by Crippen LogP contribution is 2.44. The van der Waals surface area contributed by atoms with Crippen LogP contribution in [0.3, 0.4) is 0 Å². The number of furan rings is 1. The molecule has 6 atom stereocenters. The zero-order valence-corrected chi connectivity index (χ0v) is 25.9. The summed E-state index contributed by atoms with van der Waals surface area (Å²) in [4.78, 5) is 0. The lowest BCUT2D eigenvalue weighted by Gasteiger charge is -2.34. The van der Waals surface area contributed by atoms with Crippen molar-refractivity contribution in [1.82, 2.24) is 20.6 Å². The molecule has 2 N–H and O–H groups in total. The molecule has 2 saturated heterocycles. The summed E-state index contributed by atoms with van der Waals surface area (Å²) in [7, 11) is 0. The molecule has 1 saturated carbocycles. The number of aliphatic hydroxyl groups is 1. The van der Waals surface area contributed by atoms with Crippen LogP contribution < -0.4 is 0 Å². The Morgan fingerprint density at radius 3 is 2.63 bits per heavy atom. The first-order valence-electron chi connectivity index (χ1n) is 16.3. The van der Waals surface area contributed by atoms with E-state index < -0.39 is 6.10 Å². The number of H-pyrrole nitrogens is 1. The number of aromatic amines is 1. The van der Waals surface area contributed by atoms with Crippen LogP contribution in [0.2, 0.25) is 0 Å². The molecule has 10 nitrogen and oxygen atoms in total. The van der Waals surface area contributed by atoms with Gasteiger partial charge in [0.15, 0.2) is 18.4 Å². The summed E-state index contributed by atoms with van der Waals surface area (Å²) >= 11 is 0. The Morgan fingerprint density at radius 1 is 1.12 bits per heavy atom. The quantitative estimate of drug-likeness (QED) is 0.143. The van der Waals surface area contributed by atoms with Gasteiger partial charge in [-0.3, -0.25) is 0 Å². The van der Waals surface area contributed by atoms with Crippen LogP contribution in [0.4, 0.5) is 0 Å². The fraction of sp³-hybridized carbons (Fsp3) is 0.727. The summed E-state index contributed by atoms with van der Waals surface area (Å²) in [6.45, 7) is 5.93. The summed E-state index contributed by atoms with van der Waals surface area (Å²) in [6.07, 6.45) is 18.7. The highest BCUT2D eigenvalue weighted by molar-refractivity contribution is 5.13. The van der Waals surface area contributed by atoms with Crippen molar-refractivity contribution < 1.29 is 28.5 Å². The Labute approximate surface area is 255 Å². The summed E-state index contributed by atoms with van der Waals surface area (Å²) in [5, 5.41) is 25.6. The number of aryl methyl sites for hydroxylation is 1. The molecule has 4 heterocycles. The van der Waals surface area contributed by atoms with Gasteiger partial charge in [-0.25, -0.2) is 0 Å². The van der Waals surface area contributed by atoms with Crippen LogP contribution >= 0.6 is 0 Å². The molecule has 3 aliphatic rings. The molecule has 10 heteroatoms. The SMILES string of the molecule is CC(C)(CC=C(OC1CCCCO1)[C@@H]1[C@@H](C/C=C\CCCc2nn[nH]n2)[C@@H](O)C[C@H]1OC1CCCCO1)Cc1ccco1. The number of ether oxygens (including phenoxy) is 4. The summed E-state index contributed by atoms with van der Waals surface area (Å²) in [5.74, 6) is 2.45. The normalized spacial score (nSPS) is 29.0. The largest absolute Gasteiger partial charge is 0.469 e. The van der Waals surface area contributed by atoms with E-state index in [1.54, 1.807) is 6.26 Å². The van der Waals surface area contributed by atoms with Crippen LogP contribution in [0.15, 0.2) is 46.8 Å². The average Bonchev–Trinajstić information content (AvgIpc) is 3.77. The molecule has 5 rings (SSSR count). The summed E-state index contributed by atoms with van der Waals surface area (Å²) in [5.41, 5.74) is -0.0476. The second-order valence-corrected chi connectivity index (χ2v) is 13.0. The maximum atomic E-state index is 11.4. The Hall–Kier alpha value is -2.53. The van der Waals surface area contributed by atoms with Gasteiger partial charge in [0.1, 0.15) is 11.5 Å². The van der Waals surface area contributed by atoms with Gasteiger partial charge in [-0.1, -0.05) is 31.2 Å². The van der Waals surface area contributed by atoms with Gasteiger partial charge in [0, 0.05) is 44.1 Å². The minimum atomic E-state index is -0.502. The first kappa shape index (κ1) is 31.9. The highest BCUT2D eigenvalue weighted by atomic mass is 16.7.